The monoisotopic (exact) mass is 350 g/mol. The van der Waals surface area contributed by atoms with Crippen LogP contribution in [0.3, 0.4) is 0 Å². The van der Waals surface area contributed by atoms with Crippen LogP contribution in [0.1, 0.15) is 37.3 Å². The predicted molar refractivity (Wildman–Crippen MR) is 104 cm³/mol. The Morgan fingerprint density at radius 1 is 1.08 bits per heavy atom. The molecule has 0 fully saturated rings. The van der Waals surface area contributed by atoms with E-state index < -0.39 is 5.41 Å². The van der Waals surface area contributed by atoms with Crippen LogP contribution >= 0.6 is 0 Å². The standard InChI is InChI=1S/C22H26N2O2/c1-3-4-14-23-20(25)16-22(15-17-10-6-5-7-11-17)18-12-8-9-13-19(18)24(2)21(22)26/h5-13H,3-4,14-16H2,1-2H3,(H,23,25). The third-order valence-corrected chi connectivity index (χ3v) is 5.16. The number of carbonyl (C=O) groups is 2. The molecular formula is C22H26N2O2. The van der Waals surface area contributed by atoms with Gasteiger partial charge in [-0.15, -0.1) is 0 Å². The van der Waals surface area contributed by atoms with Gasteiger partial charge < -0.3 is 10.2 Å². The van der Waals surface area contributed by atoms with Crippen molar-refractivity contribution >= 4 is 17.5 Å². The second-order valence-corrected chi connectivity index (χ2v) is 7.01. The Morgan fingerprint density at radius 2 is 1.77 bits per heavy atom. The minimum absolute atomic E-state index is 0.00630. The number of carbonyl (C=O) groups excluding carboxylic acids is 2. The van der Waals surface area contributed by atoms with Crippen LogP contribution in [0.25, 0.3) is 0 Å². The molecule has 3 rings (SSSR count). The third-order valence-electron chi connectivity index (χ3n) is 5.16. The zero-order valence-corrected chi connectivity index (χ0v) is 15.5. The van der Waals surface area contributed by atoms with Crippen molar-refractivity contribution in [2.45, 2.75) is 38.0 Å². The summed E-state index contributed by atoms with van der Waals surface area (Å²) in [4.78, 5) is 27.6. The van der Waals surface area contributed by atoms with Crippen LogP contribution in [-0.4, -0.2) is 25.4 Å². The number of fused-ring (bicyclic) bond motifs is 1. The van der Waals surface area contributed by atoms with Crippen LogP contribution in [0.5, 0.6) is 0 Å². The maximum Gasteiger partial charge on any atom is 0.238 e. The highest BCUT2D eigenvalue weighted by atomic mass is 16.2. The SMILES string of the molecule is CCCCNC(=O)CC1(Cc2ccccc2)C(=O)N(C)c2ccccc21. The summed E-state index contributed by atoms with van der Waals surface area (Å²) in [7, 11) is 1.79. The summed E-state index contributed by atoms with van der Waals surface area (Å²) in [5.74, 6) is -0.0685. The van der Waals surface area contributed by atoms with Crippen LogP contribution in [-0.2, 0) is 21.4 Å². The molecule has 0 spiro atoms. The molecule has 26 heavy (non-hydrogen) atoms. The molecule has 0 aromatic heterocycles. The summed E-state index contributed by atoms with van der Waals surface area (Å²) in [5, 5.41) is 2.98. The van der Waals surface area contributed by atoms with Gasteiger partial charge in [-0.3, -0.25) is 9.59 Å². The van der Waals surface area contributed by atoms with E-state index in [-0.39, 0.29) is 18.2 Å². The van der Waals surface area contributed by atoms with Gasteiger partial charge in [0.2, 0.25) is 11.8 Å². The molecule has 0 aliphatic carbocycles. The van der Waals surface area contributed by atoms with Gasteiger partial charge in [0.05, 0.1) is 5.41 Å². The smallest absolute Gasteiger partial charge is 0.238 e. The summed E-state index contributed by atoms with van der Waals surface area (Å²) in [6.07, 6.45) is 2.67. The largest absolute Gasteiger partial charge is 0.356 e. The molecule has 1 aliphatic heterocycles. The lowest BCUT2D eigenvalue weighted by Gasteiger charge is -2.28. The van der Waals surface area contributed by atoms with E-state index in [4.69, 9.17) is 0 Å². The number of hydrogen-bond donors (Lipinski definition) is 1. The summed E-state index contributed by atoms with van der Waals surface area (Å²) in [6.45, 7) is 2.75. The van der Waals surface area contributed by atoms with Crippen molar-refractivity contribution in [2.75, 3.05) is 18.5 Å². The van der Waals surface area contributed by atoms with Gasteiger partial charge in [0.1, 0.15) is 0 Å². The quantitative estimate of drug-likeness (QED) is 0.778. The van der Waals surface area contributed by atoms with E-state index in [1.807, 2.05) is 54.6 Å². The molecule has 2 aromatic carbocycles. The van der Waals surface area contributed by atoms with Crippen molar-refractivity contribution in [1.29, 1.82) is 0 Å². The summed E-state index contributed by atoms with van der Waals surface area (Å²) in [6, 6.07) is 17.8. The number of hydrogen-bond acceptors (Lipinski definition) is 2. The van der Waals surface area contributed by atoms with Crippen LogP contribution in [0.4, 0.5) is 5.69 Å². The molecule has 2 amide bonds. The summed E-state index contributed by atoms with van der Waals surface area (Å²) >= 11 is 0. The highest BCUT2D eigenvalue weighted by Crippen LogP contribution is 2.45. The van der Waals surface area contributed by atoms with Crippen molar-refractivity contribution in [3.63, 3.8) is 0 Å². The predicted octanol–water partition coefficient (Wildman–Crippen LogP) is 3.45. The van der Waals surface area contributed by atoms with Gasteiger partial charge in [-0.25, -0.2) is 0 Å². The second kappa shape index (κ2) is 7.73. The maximum atomic E-state index is 13.3. The number of nitrogens with one attached hydrogen (secondary N) is 1. The average Bonchev–Trinajstić information content (AvgIpc) is 2.85. The van der Waals surface area contributed by atoms with Crippen LogP contribution in [0.2, 0.25) is 0 Å². The Labute approximate surface area is 155 Å². The molecule has 0 saturated carbocycles. The van der Waals surface area contributed by atoms with Gasteiger partial charge in [0, 0.05) is 25.7 Å². The van der Waals surface area contributed by atoms with Gasteiger partial charge in [0.25, 0.3) is 0 Å². The molecule has 1 N–H and O–H groups in total. The van der Waals surface area contributed by atoms with Gasteiger partial charge in [0.15, 0.2) is 0 Å². The van der Waals surface area contributed by atoms with E-state index >= 15 is 0 Å². The number of unbranched alkanes of at least 4 members (excludes halogenated alkanes) is 1. The number of likely N-dealkylation sites (N-methyl/N-ethyl adjacent to an activating group) is 1. The maximum absolute atomic E-state index is 13.3. The van der Waals surface area contributed by atoms with E-state index in [1.54, 1.807) is 11.9 Å². The molecule has 1 unspecified atom stereocenters. The zero-order chi connectivity index (χ0) is 18.6. The minimum Gasteiger partial charge on any atom is -0.356 e. The Kier molecular flexibility index (Phi) is 5.40. The number of benzene rings is 2. The summed E-state index contributed by atoms with van der Waals surface area (Å²) < 4.78 is 0. The first kappa shape index (κ1) is 18.2. The van der Waals surface area contributed by atoms with E-state index in [0.717, 1.165) is 29.7 Å². The Morgan fingerprint density at radius 3 is 2.50 bits per heavy atom. The van der Waals surface area contributed by atoms with Crippen molar-refractivity contribution in [3.05, 3.63) is 65.7 Å². The van der Waals surface area contributed by atoms with E-state index in [1.165, 1.54) is 0 Å². The Balaban J connectivity index is 1.97. The molecule has 4 nitrogen and oxygen atoms in total. The second-order valence-electron chi connectivity index (χ2n) is 7.01. The zero-order valence-electron chi connectivity index (χ0n) is 15.5. The van der Waals surface area contributed by atoms with Crippen LogP contribution < -0.4 is 10.2 Å². The van der Waals surface area contributed by atoms with Crippen molar-refractivity contribution in [3.8, 4) is 0 Å². The number of nitrogens with zero attached hydrogens (tertiary/aromatic N) is 1. The molecule has 1 heterocycles. The van der Waals surface area contributed by atoms with Crippen LogP contribution in [0, 0.1) is 0 Å². The van der Waals surface area contributed by atoms with E-state index in [2.05, 4.69) is 12.2 Å². The first-order chi connectivity index (χ1) is 12.6. The van der Waals surface area contributed by atoms with Gasteiger partial charge in [-0.05, 0) is 30.0 Å². The summed E-state index contributed by atoms with van der Waals surface area (Å²) in [5.41, 5.74) is 2.06. The van der Waals surface area contributed by atoms with Gasteiger partial charge >= 0.3 is 0 Å². The van der Waals surface area contributed by atoms with Crippen LogP contribution in [0.15, 0.2) is 54.6 Å². The topological polar surface area (TPSA) is 49.4 Å². The minimum atomic E-state index is -0.844. The fourth-order valence-electron chi connectivity index (χ4n) is 3.81. The molecule has 1 aliphatic rings. The molecule has 0 saturated heterocycles. The number of para-hydroxylation sites is 1. The number of rotatable bonds is 7. The molecular weight excluding hydrogens is 324 g/mol. The number of anilines is 1. The van der Waals surface area contributed by atoms with Crippen molar-refractivity contribution < 1.29 is 9.59 Å². The fraction of sp³-hybridized carbons (Fsp3) is 0.364. The molecule has 1 atom stereocenters. The van der Waals surface area contributed by atoms with Crippen molar-refractivity contribution in [2.24, 2.45) is 0 Å². The molecule has 136 valence electrons. The average molecular weight is 350 g/mol. The Bertz CT molecular complexity index is 788. The molecule has 2 aromatic rings. The first-order valence-corrected chi connectivity index (χ1v) is 9.27. The third kappa shape index (κ3) is 3.36. The fourth-order valence-corrected chi connectivity index (χ4v) is 3.81. The molecule has 4 heteroatoms. The molecule has 0 bridgehead atoms. The highest BCUT2D eigenvalue weighted by molar-refractivity contribution is 6.09. The number of amides is 2. The normalized spacial score (nSPS) is 18.7. The lowest BCUT2D eigenvalue weighted by Crippen LogP contribution is -2.44. The highest BCUT2D eigenvalue weighted by Gasteiger charge is 2.50. The first-order valence-electron chi connectivity index (χ1n) is 9.27. The lowest BCUT2D eigenvalue weighted by molar-refractivity contribution is -0.129. The molecule has 0 radical (unpaired) electrons. The lowest BCUT2D eigenvalue weighted by atomic mass is 9.73. The van der Waals surface area contributed by atoms with Gasteiger partial charge in [-0.2, -0.15) is 0 Å². The van der Waals surface area contributed by atoms with Gasteiger partial charge in [-0.1, -0.05) is 61.9 Å². The Hall–Kier alpha value is -2.62. The van der Waals surface area contributed by atoms with E-state index in [0.29, 0.717) is 13.0 Å². The van der Waals surface area contributed by atoms with Crippen molar-refractivity contribution in [1.82, 2.24) is 5.32 Å². The van der Waals surface area contributed by atoms with E-state index in [9.17, 15) is 9.59 Å².